The summed E-state index contributed by atoms with van der Waals surface area (Å²) < 4.78 is 4.61. The lowest BCUT2D eigenvalue weighted by atomic mass is 9.91. The van der Waals surface area contributed by atoms with Crippen LogP contribution in [0.4, 0.5) is 4.79 Å². The van der Waals surface area contributed by atoms with E-state index >= 15 is 0 Å². The molecule has 1 aliphatic rings. The maximum Gasteiger partial charge on any atom is 0.407 e. The van der Waals surface area contributed by atoms with Gasteiger partial charge in [0.15, 0.2) is 0 Å². The summed E-state index contributed by atoms with van der Waals surface area (Å²) in [7, 11) is 1.33. The van der Waals surface area contributed by atoms with Crippen molar-refractivity contribution in [1.82, 2.24) is 10.2 Å². The van der Waals surface area contributed by atoms with Gasteiger partial charge in [-0.05, 0) is 17.9 Å². The zero-order valence-electron chi connectivity index (χ0n) is 13.5. The number of benzene rings is 1. The lowest BCUT2D eigenvalue weighted by Crippen LogP contribution is -2.55. The first-order valence-corrected chi connectivity index (χ1v) is 7.84. The highest BCUT2D eigenvalue weighted by atomic mass is 16.5. The summed E-state index contributed by atoms with van der Waals surface area (Å²) in [4.78, 5) is 13.6. The number of piperidine rings is 1. The van der Waals surface area contributed by atoms with Crippen LogP contribution in [0.15, 0.2) is 30.3 Å². The van der Waals surface area contributed by atoms with Crippen molar-refractivity contribution >= 4 is 6.09 Å². The number of nitrogens with one attached hydrogen (secondary N) is 1. The Hall–Kier alpha value is -1.59. The van der Waals surface area contributed by atoms with Gasteiger partial charge in [0.2, 0.25) is 0 Å². The lowest BCUT2D eigenvalue weighted by molar-refractivity contribution is 0.00988. The summed E-state index contributed by atoms with van der Waals surface area (Å²) in [5, 5.41) is 13.1. The molecule has 22 heavy (non-hydrogen) atoms. The molecule has 122 valence electrons. The number of nitrogens with zero attached hydrogens (tertiary/aromatic N) is 1. The zero-order chi connectivity index (χ0) is 16.1. The number of amides is 1. The second kappa shape index (κ2) is 7.61. The standard InChI is InChI=1S/C17H26N2O3/c1-12(2)16(13-7-5-4-6-8-13)19-10-9-14(15(20)11-19)18-17(21)22-3/h4-8,12,14-16,20H,9-11H2,1-3H3,(H,18,21). The van der Waals surface area contributed by atoms with Gasteiger partial charge in [0.25, 0.3) is 0 Å². The number of β-amino-alcohol motifs (C(OH)–C–C–N with tert-alkyl or cyclic N) is 1. The van der Waals surface area contributed by atoms with Gasteiger partial charge in [-0.25, -0.2) is 4.79 Å². The molecule has 0 aliphatic carbocycles. The van der Waals surface area contributed by atoms with Gasteiger partial charge in [-0.2, -0.15) is 0 Å². The average molecular weight is 306 g/mol. The number of ether oxygens (including phenoxy) is 1. The van der Waals surface area contributed by atoms with Crippen LogP contribution in [-0.2, 0) is 4.74 Å². The van der Waals surface area contributed by atoms with Gasteiger partial charge >= 0.3 is 6.09 Å². The minimum absolute atomic E-state index is 0.243. The van der Waals surface area contributed by atoms with Crippen molar-refractivity contribution in [3.63, 3.8) is 0 Å². The van der Waals surface area contributed by atoms with Gasteiger partial charge in [-0.15, -0.1) is 0 Å². The highest BCUT2D eigenvalue weighted by Gasteiger charge is 2.34. The molecule has 0 saturated carbocycles. The molecule has 3 unspecified atom stereocenters. The zero-order valence-corrected chi connectivity index (χ0v) is 13.5. The lowest BCUT2D eigenvalue weighted by Gasteiger charge is -2.42. The van der Waals surface area contributed by atoms with E-state index in [9.17, 15) is 9.90 Å². The Balaban J connectivity index is 2.05. The molecule has 1 aromatic carbocycles. The van der Waals surface area contributed by atoms with Crippen LogP contribution in [0.25, 0.3) is 0 Å². The third-order valence-corrected chi connectivity index (χ3v) is 4.27. The quantitative estimate of drug-likeness (QED) is 0.895. The maximum absolute atomic E-state index is 11.3. The molecule has 2 rings (SSSR count). The third kappa shape index (κ3) is 3.99. The maximum atomic E-state index is 11.3. The monoisotopic (exact) mass is 306 g/mol. The predicted molar refractivity (Wildman–Crippen MR) is 85.5 cm³/mol. The van der Waals surface area contributed by atoms with E-state index in [1.807, 2.05) is 18.2 Å². The summed E-state index contributed by atoms with van der Waals surface area (Å²) >= 11 is 0. The second-order valence-corrected chi connectivity index (χ2v) is 6.19. The second-order valence-electron chi connectivity index (χ2n) is 6.19. The Kier molecular flexibility index (Phi) is 5.80. The molecule has 1 aromatic rings. The van der Waals surface area contributed by atoms with Crippen LogP contribution in [0.5, 0.6) is 0 Å². The van der Waals surface area contributed by atoms with E-state index in [4.69, 9.17) is 0 Å². The van der Waals surface area contributed by atoms with E-state index in [2.05, 4.69) is 40.9 Å². The van der Waals surface area contributed by atoms with E-state index in [0.717, 1.165) is 6.54 Å². The van der Waals surface area contributed by atoms with Gasteiger partial charge < -0.3 is 15.2 Å². The fourth-order valence-corrected chi connectivity index (χ4v) is 3.25. The Morgan fingerprint density at radius 1 is 1.36 bits per heavy atom. The molecule has 0 radical (unpaired) electrons. The van der Waals surface area contributed by atoms with Crippen LogP contribution in [0.2, 0.25) is 0 Å². The smallest absolute Gasteiger partial charge is 0.407 e. The number of carbonyl (C=O) groups excluding carboxylic acids is 1. The molecule has 3 atom stereocenters. The minimum atomic E-state index is -0.585. The molecule has 1 fully saturated rings. The molecular formula is C17H26N2O3. The largest absolute Gasteiger partial charge is 0.453 e. The van der Waals surface area contributed by atoms with Crippen LogP contribution in [-0.4, -0.2) is 48.4 Å². The molecular weight excluding hydrogens is 280 g/mol. The fraction of sp³-hybridized carbons (Fsp3) is 0.588. The van der Waals surface area contributed by atoms with E-state index in [0.29, 0.717) is 18.9 Å². The van der Waals surface area contributed by atoms with E-state index < -0.39 is 12.2 Å². The van der Waals surface area contributed by atoms with Gasteiger partial charge in [-0.1, -0.05) is 44.2 Å². The topological polar surface area (TPSA) is 61.8 Å². The number of rotatable bonds is 4. The van der Waals surface area contributed by atoms with Crippen molar-refractivity contribution in [2.45, 2.75) is 38.5 Å². The van der Waals surface area contributed by atoms with Gasteiger partial charge in [0.1, 0.15) is 0 Å². The summed E-state index contributed by atoms with van der Waals surface area (Å²) in [6, 6.07) is 10.4. The Morgan fingerprint density at radius 2 is 2.05 bits per heavy atom. The Labute approximate surface area is 132 Å². The summed E-state index contributed by atoms with van der Waals surface area (Å²) in [5.41, 5.74) is 1.27. The summed E-state index contributed by atoms with van der Waals surface area (Å²) in [6.07, 6.45) is -0.356. The average Bonchev–Trinajstić information content (AvgIpc) is 2.50. The number of likely N-dealkylation sites (tertiary alicyclic amines) is 1. The first kappa shape index (κ1) is 16.8. The first-order chi connectivity index (χ1) is 10.5. The van der Waals surface area contributed by atoms with Crippen LogP contribution >= 0.6 is 0 Å². The fourth-order valence-electron chi connectivity index (χ4n) is 3.25. The van der Waals surface area contributed by atoms with Crippen molar-refractivity contribution in [2.75, 3.05) is 20.2 Å². The summed E-state index contributed by atoms with van der Waals surface area (Å²) in [5.74, 6) is 0.444. The summed E-state index contributed by atoms with van der Waals surface area (Å²) in [6.45, 7) is 5.78. The number of hydrogen-bond acceptors (Lipinski definition) is 4. The van der Waals surface area contributed by atoms with Crippen LogP contribution < -0.4 is 5.32 Å². The highest BCUT2D eigenvalue weighted by Crippen LogP contribution is 2.31. The van der Waals surface area contributed by atoms with Crippen molar-refractivity contribution in [3.8, 4) is 0 Å². The molecule has 1 heterocycles. The molecule has 1 aliphatic heterocycles. The number of methoxy groups -OCH3 is 1. The number of hydrogen-bond donors (Lipinski definition) is 2. The van der Waals surface area contributed by atoms with Gasteiger partial charge in [0, 0.05) is 19.1 Å². The molecule has 1 saturated heterocycles. The van der Waals surface area contributed by atoms with Gasteiger partial charge in [-0.3, -0.25) is 4.90 Å². The molecule has 0 bridgehead atoms. The first-order valence-electron chi connectivity index (χ1n) is 7.84. The van der Waals surface area contributed by atoms with E-state index in [1.54, 1.807) is 0 Å². The van der Waals surface area contributed by atoms with Crippen molar-refractivity contribution in [3.05, 3.63) is 35.9 Å². The molecule has 0 spiro atoms. The van der Waals surface area contributed by atoms with Crippen LogP contribution in [0.1, 0.15) is 31.9 Å². The van der Waals surface area contributed by atoms with Crippen molar-refractivity contribution < 1.29 is 14.6 Å². The predicted octanol–water partition coefficient (Wildman–Crippen LogP) is 2.17. The Morgan fingerprint density at radius 3 is 2.59 bits per heavy atom. The molecule has 5 heteroatoms. The van der Waals surface area contributed by atoms with E-state index in [1.165, 1.54) is 12.7 Å². The van der Waals surface area contributed by atoms with Crippen LogP contribution in [0, 0.1) is 5.92 Å². The highest BCUT2D eigenvalue weighted by molar-refractivity contribution is 5.67. The normalized spacial score (nSPS) is 24.0. The SMILES string of the molecule is COC(=O)NC1CCN(C(c2ccccc2)C(C)C)CC1O. The number of carbonyl (C=O) groups is 1. The molecule has 5 nitrogen and oxygen atoms in total. The number of alkyl carbamates (subject to hydrolysis) is 1. The molecule has 1 amide bonds. The van der Waals surface area contributed by atoms with Crippen LogP contribution in [0.3, 0.4) is 0 Å². The molecule has 2 N–H and O–H groups in total. The number of aliphatic hydroxyl groups excluding tert-OH is 1. The van der Waals surface area contributed by atoms with Crippen molar-refractivity contribution in [1.29, 1.82) is 0 Å². The Bertz CT molecular complexity index is 478. The number of aliphatic hydroxyl groups is 1. The third-order valence-electron chi connectivity index (χ3n) is 4.27. The van der Waals surface area contributed by atoms with E-state index in [-0.39, 0.29) is 12.1 Å². The van der Waals surface area contributed by atoms with Gasteiger partial charge in [0.05, 0.1) is 19.3 Å². The minimum Gasteiger partial charge on any atom is -0.453 e. The van der Waals surface area contributed by atoms with Crippen molar-refractivity contribution in [2.24, 2.45) is 5.92 Å². The molecule has 0 aromatic heterocycles.